The summed E-state index contributed by atoms with van der Waals surface area (Å²) < 4.78 is 0. The minimum atomic E-state index is -0.363. The third kappa shape index (κ3) is 6.25. The molecule has 0 amide bonds. The number of rotatable bonds is 9. The summed E-state index contributed by atoms with van der Waals surface area (Å²) in [5.41, 5.74) is 3.18. The topological polar surface area (TPSA) is 34.1 Å². The average Bonchev–Trinajstić information content (AvgIpc) is 2.88. The van der Waals surface area contributed by atoms with Crippen LogP contribution in [-0.4, -0.2) is 46.5 Å². The maximum Gasteiger partial charge on any atom is 0.128 e. The van der Waals surface area contributed by atoms with E-state index < -0.39 is 0 Å². The van der Waals surface area contributed by atoms with Crippen molar-refractivity contribution in [3.8, 4) is 0 Å². The lowest BCUT2D eigenvalue weighted by Gasteiger charge is -2.48. The van der Waals surface area contributed by atoms with Gasteiger partial charge >= 0.3 is 0 Å². The molecule has 0 aromatic heterocycles. The number of carbonyl (C=O) groups excluding carboxylic acids is 2. The quantitative estimate of drug-likeness (QED) is 0.246. The molecule has 0 aliphatic heterocycles. The minimum Gasteiger partial charge on any atom is -0.303 e. The van der Waals surface area contributed by atoms with Crippen molar-refractivity contribution in [1.82, 2.24) is 0 Å². The first-order valence-electron chi connectivity index (χ1n) is 14.3. The molecule has 0 heterocycles. The molecule has 4 fully saturated rings. The van der Waals surface area contributed by atoms with Gasteiger partial charge in [0.1, 0.15) is 12.6 Å². The molecule has 2 unspecified atom stereocenters. The monoisotopic (exact) mass is 478 g/mol. The van der Waals surface area contributed by atoms with Crippen LogP contribution < -0.4 is 0 Å². The molecule has 0 bridgehead atoms. The van der Waals surface area contributed by atoms with Crippen LogP contribution in [0.5, 0.6) is 0 Å². The number of hydrogen-bond acceptors (Lipinski definition) is 2. The van der Waals surface area contributed by atoms with Crippen LogP contribution in [0.1, 0.15) is 128 Å². The standard InChI is InChI=1S/C28H48O2P2/c29-21-27(31(23-13-5-1-6-14-23)24-15-7-2-8-16-24)28(22-30)32(25-17-9-3-10-18-25)26-19-11-4-12-20-26/h21-28H,1-20H2. The Morgan fingerprint density at radius 2 is 0.625 bits per heavy atom. The Bertz CT molecular complexity index is 472. The molecule has 0 spiro atoms. The molecule has 182 valence electrons. The summed E-state index contributed by atoms with van der Waals surface area (Å²) in [5, 5.41) is 0. The molecule has 4 saturated carbocycles. The third-order valence-electron chi connectivity index (χ3n) is 9.30. The van der Waals surface area contributed by atoms with E-state index in [-0.39, 0.29) is 27.2 Å². The van der Waals surface area contributed by atoms with Crippen LogP contribution >= 0.6 is 15.8 Å². The minimum absolute atomic E-state index is 0.0728. The van der Waals surface area contributed by atoms with Gasteiger partial charge in [-0.05, 0) is 74.0 Å². The summed E-state index contributed by atoms with van der Waals surface area (Å²) in [6.07, 6.45) is 29.8. The molecule has 0 aromatic rings. The van der Waals surface area contributed by atoms with Crippen molar-refractivity contribution in [2.75, 3.05) is 0 Å². The third-order valence-corrected chi connectivity index (χ3v) is 17.2. The molecule has 2 nitrogen and oxygen atoms in total. The molecule has 0 radical (unpaired) electrons. The fraction of sp³-hybridized carbons (Fsp3) is 0.929. The van der Waals surface area contributed by atoms with Crippen LogP contribution in [0.25, 0.3) is 0 Å². The second kappa shape index (κ2) is 13.3. The van der Waals surface area contributed by atoms with Crippen molar-refractivity contribution in [2.45, 2.75) is 162 Å². The Hall–Kier alpha value is 0.200. The molecule has 4 aliphatic carbocycles. The molecule has 4 heteroatoms. The molecule has 0 saturated heterocycles. The van der Waals surface area contributed by atoms with E-state index in [2.05, 4.69) is 0 Å². The van der Waals surface area contributed by atoms with Gasteiger partial charge in [0.25, 0.3) is 0 Å². The van der Waals surface area contributed by atoms with E-state index in [1.54, 1.807) is 0 Å². The Morgan fingerprint density at radius 3 is 0.812 bits per heavy atom. The first kappa shape index (κ1) is 25.3. The fourth-order valence-corrected chi connectivity index (χ4v) is 16.8. The predicted octanol–water partition coefficient (Wildman–Crippen LogP) is 8.42. The van der Waals surface area contributed by atoms with Gasteiger partial charge in [-0.25, -0.2) is 0 Å². The lowest BCUT2D eigenvalue weighted by molar-refractivity contribution is -0.111. The average molecular weight is 479 g/mol. The molecular weight excluding hydrogens is 430 g/mol. The fourth-order valence-electron chi connectivity index (χ4n) is 7.74. The van der Waals surface area contributed by atoms with Gasteiger partial charge < -0.3 is 9.59 Å². The summed E-state index contributed by atoms with van der Waals surface area (Å²) >= 11 is 0. The summed E-state index contributed by atoms with van der Waals surface area (Å²) in [6, 6.07) is 0. The van der Waals surface area contributed by atoms with Crippen LogP contribution in [0, 0.1) is 0 Å². The van der Waals surface area contributed by atoms with Gasteiger partial charge in [0.15, 0.2) is 0 Å². The van der Waals surface area contributed by atoms with Gasteiger partial charge in [-0.3, -0.25) is 0 Å². The molecule has 32 heavy (non-hydrogen) atoms. The second-order valence-corrected chi connectivity index (χ2v) is 17.2. The van der Waals surface area contributed by atoms with Gasteiger partial charge in [-0.2, -0.15) is 0 Å². The maximum absolute atomic E-state index is 13.0. The molecule has 0 N–H and O–H groups in total. The number of aldehydes is 2. The van der Waals surface area contributed by atoms with E-state index in [4.69, 9.17) is 0 Å². The molecule has 4 rings (SSSR count). The van der Waals surface area contributed by atoms with Gasteiger partial charge in [0, 0.05) is 11.3 Å². The summed E-state index contributed by atoms with van der Waals surface area (Å²) in [6.45, 7) is 0. The van der Waals surface area contributed by atoms with E-state index >= 15 is 0 Å². The van der Waals surface area contributed by atoms with E-state index in [0.717, 1.165) is 22.6 Å². The van der Waals surface area contributed by atoms with Crippen molar-refractivity contribution in [1.29, 1.82) is 0 Å². The van der Waals surface area contributed by atoms with Crippen LogP contribution in [0.2, 0.25) is 0 Å². The Kier molecular flexibility index (Phi) is 10.5. The maximum atomic E-state index is 13.0. The highest BCUT2D eigenvalue weighted by Crippen LogP contribution is 2.66. The van der Waals surface area contributed by atoms with Crippen LogP contribution in [0.3, 0.4) is 0 Å². The predicted molar refractivity (Wildman–Crippen MR) is 141 cm³/mol. The van der Waals surface area contributed by atoms with Crippen LogP contribution in [0.4, 0.5) is 0 Å². The van der Waals surface area contributed by atoms with Gasteiger partial charge in [-0.1, -0.05) is 92.9 Å². The molecular formula is C28H48O2P2. The van der Waals surface area contributed by atoms with Crippen molar-refractivity contribution < 1.29 is 9.59 Å². The summed E-state index contributed by atoms with van der Waals surface area (Å²) in [7, 11) is -0.727. The highest BCUT2D eigenvalue weighted by Gasteiger charge is 2.45. The highest BCUT2D eigenvalue weighted by molar-refractivity contribution is 7.65. The van der Waals surface area contributed by atoms with Crippen molar-refractivity contribution in [3.63, 3.8) is 0 Å². The zero-order chi connectivity index (χ0) is 22.2. The van der Waals surface area contributed by atoms with E-state index in [9.17, 15) is 9.59 Å². The van der Waals surface area contributed by atoms with E-state index in [1.807, 2.05) is 0 Å². The zero-order valence-electron chi connectivity index (χ0n) is 20.5. The van der Waals surface area contributed by atoms with Crippen LogP contribution in [0.15, 0.2) is 0 Å². The largest absolute Gasteiger partial charge is 0.303 e. The van der Waals surface area contributed by atoms with E-state index in [1.165, 1.54) is 141 Å². The normalized spacial score (nSPS) is 27.4. The van der Waals surface area contributed by atoms with Gasteiger partial charge in [-0.15, -0.1) is 0 Å². The van der Waals surface area contributed by atoms with Crippen LogP contribution in [-0.2, 0) is 9.59 Å². The Morgan fingerprint density at radius 1 is 0.406 bits per heavy atom. The molecule has 4 aliphatic rings. The number of carbonyl (C=O) groups is 2. The molecule has 0 aromatic carbocycles. The number of hydrogen-bond donors (Lipinski definition) is 0. The van der Waals surface area contributed by atoms with Crippen molar-refractivity contribution >= 4 is 28.4 Å². The van der Waals surface area contributed by atoms with Gasteiger partial charge in [0.2, 0.25) is 0 Å². The second-order valence-electron chi connectivity index (χ2n) is 11.3. The first-order valence-corrected chi connectivity index (χ1v) is 17.4. The van der Waals surface area contributed by atoms with Crippen molar-refractivity contribution in [2.24, 2.45) is 0 Å². The lowest BCUT2D eigenvalue weighted by atomic mass is 9.99. The molecule has 2 atom stereocenters. The summed E-state index contributed by atoms with van der Waals surface area (Å²) in [4.78, 5) is 25.9. The zero-order valence-corrected chi connectivity index (χ0v) is 22.3. The van der Waals surface area contributed by atoms with E-state index in [0.29, 0.717) is 0 Å². The van der Waals surface area contributed by atoms with Crippen molar-refractivity contribution in [3.05, 3.63) is 0 Å². The first-order chi connectivity index (χ1) is 15.8. The SMILES string of the molecule is O=CC(C(C=O)P(C1CCCCC1)C1CCCCC1)P(C1CCCCC1)C1CCCCC1. The summed E-state index contributed by atoms with van der Waals surface area (Å²) in [5.74, 6) is 0. The highest BCUT2D eigenvalue weighted by atomic mass is 31.1. The Balaban J connectivity index is 1.63. The smallest absolute Gasteiger partial charge is 0.128 e. The lowest BCUT2D eigenvalue weighted by Crippen LogP contribution is -2.39. The van der Waals surface area contributed by atoms with Gasteiger partial charge in [0.05, 0.1) is 0 Å². The Labute approximate surface area is 200 Å².